The topological polar surface area (TPSA) is 55.3 Å². The molecule has 1 aromatic rings. The van der Waals surface area contributed by atoms with Crippen LogP contribution in [-0.2, 0) is 16.0 Å². The number of esters is 1. The Labute approximate surface area is 145 Å². The number of hydrogen-bond donors (Lipinski definition) is 0. The van der Waals surface area contributed by atoms with Gasteiger partial charge in [0.2, 0.25) is 6.43 Å². The first-order valence-electron chi connectivity index (χ1n) is 8.22. The van der Waals surface area contributed by atoms with Gasteiger partial charge in [-0.15, -0.1) is 0 Å². The molecule has 1 aromatic heterocycles. The Hall–Kier alpha value is -1.50. The number of carbonyl (C=O) groups is 1. The minimum absolute atomic E-state index is 0.0952. The third kappa shape index (κ3) is 5.26. The first-order valence-corrected chi connectivity index (χ1v) is 8.60. The van der Waals surface area contributed by atoms with Crippen LogP contribution >= 0.6 is 11.6 Å². The van der Waals surface area contributed by atoms with Gasteiger partial charge in [-0.1, -0.05) is 11.6 Å². The molecular formula is C16H22ClF2N3O2. The second kappa shape index (κ2) is 9.11. The molecule has 0 spiro atoms. The fourth-order valence-electron chi connectivity index (χ4n) is 2.75. The molecule has 0 radical (unpaired) electrons. The highest BCUT2D eigenvalue weighted by atomic mass is 35.5. The van der Waals surface area contributed by atoms with Crippen molar-refractivity contribution in [3.05, 3.63) is 17.0 Å². The van der Waals surface area contributed by atoms with E-state index in [9.17, 15) is 13.6 Å². The van der Waals surface area contributed by atoms with E-state index in [0.717, 1.165) is 0 Å². The van der Waals surface area contributed by atoms with E-state index in [2.05, 4.69) is 9.97 Å². The van der Waals surface area contributed by atoms with E-state index < -0.39 is 6.43 Å². The van der Waals surface area contributed by atoms with Crippen molar-refractivity contribution >= 4 is 23.4 Å². The van der Waals surface area contributed by atoms with Crippen molar-refractivity contribution in [1.29, 1.82) is 0 Å². The van der Waals surface area contributed by atoms with E-state index >= 15 is 0 Å². The molecule has 2 rings (SSSR count). The predicted octanol–water partition coefficient (Wildman–Crippen LogP) is 3.50. The zero-order chi connectivity index (χ0) is 17.5. The number of nitrogens with zero attached hydrogens (tertiary/aromatic N) is 3. The number of alkyl halides is 2. The molecule has 1 aliphatic heterocycles. The van der Waals surface area contributed by atoms with Gasteiger partial charge in [0.1, 0.15) is 0 Å². The Morgan fingerprint density at radius 2 is 2.17 bits per heavy atom. The Kier molecular flexibility index (Phi) is 7.15. The second-order valence-electron chi connectivity index (χ2n) is 5.77. The van der Waals surface area contributed by atoms with Crippen LogP contribution in [0, 0.1) is 5.92 Å². The summed E-state index contributed by atoms with van der Waals surface area (Å²) in [4.78, 5) is 22.4. The van der Waals surface area contributed by atoms with Crippen LogP contribution in [0.1, 0.15) is 38.3 Å². The molecule has 0 aromatic carbocycles. The molecular weight excluding hydrogens is 340 g/mol. The zero-order valence-corrected chi connectivity index (χ0v) is 14.4. The maximum absolute atomic E-state index is 12.2. The van der Waals surface area contributed by atoms with Gasteiger partial charge in [0.25, 0.3) is 0 Å². The van der Waals surface area contributed by atoms with Crippen molar-refractivity contribution < 1.29 is 18.3 Å². The van der Waals surface area contributed by atoms with E-state index in [-0.39, 0.29) is 18.3 Å². The van der Waals surface area contributed by atoms with Gasteiger partial charge in [-0.2, -0.15) is 0 Å². The van der Waals surface area contributed by atoms with Gasteiger partial charge < -0.3 is 9.64 Å². The molecule has 2 heterocycles. The number of halogens is 3. The first-order chi connectivity index (χ1) is 11.5. The van der Waals surface area contributed by atoms with Crippen molar-refractivity contribution in [2.24, 2.45) is 5.92 Å². The lowest BCUT2D eigenvalue weighted by atomic mass is 9.97. The van der Waals surface area contributed by atoms with Gasteiger partial charge in [0.15, 0.2) is 11.0 Å². The van der Waals surface area contributed by atoms with Gasteiger partial charge in [0.05, 0.1) is 24.4 Å². The maximum Gasteiger partial charge on any atom is 0.309 e. The molecule has 5 nitrogen and oxygen atoms in total. The molecule has 0 atom stereocenters. The molecule has 1 aliphatic rings. The van der Waals surface area contributed by atoms with E-state index in [1.54, 1.807) is 6.92 Å². The summed E-state index contributed by atoms with van der Waals surface area (Å²) in [5.41, 5.74) is 0.655. The lowest BCUT2D eigenvalue weighted by molar-refractivity contribution is -0.148. The van der Waals surface area contributed by atoms with Crippen molar-refractivity contribution in [1.82, 2.24) is 9.97 Å². The molecule has 0 aliphatic carbocycles. The van der Waals surface area contributed by atoms with Gasteiger partial charge in [-0.05, 0) is 32.6 Å². The average Bonchev–Trinajstić information content (AvgIpc) is 2.56. The maximum atomic E-state index is 12.2. The lowest BCUT2D eigenvalue weighted by Gasteiger charge is -2.32. The molecule has 0 N–H and O–H groups in total. The minimum Gasteiger partial charge on any atom is -0.466 e. The van der Waals surface area contributed by atoms with Crippen LogP contribution in [0.2, 0.25) is 5.15 Å². The summed E-state index contributed by atoms with van der Waals surface area (Å²) >= 11 is 6.14. The highest BCUT2D eigenvalue weighted by Gasteiger charge is 2.27. The average molecular weight is 362 g/mol. The Morgan fingerprint density at radius 3 is 2.79 bits per heavy atom. The van der Waals surface area contributed by atoms with Gasteiger partial charge in [0, 0.05) is 19.5 Å². The largest absolute Gasteiger partial charge is 0.466 e. The number of hydrogen-bond acceptors (Lipinski definition) is 5. The Morgan fingerprint density at radius 1 is 1.46 bits per heavy atom. The third-order valence-electron chi connectivity index (χ3n) is 4.03. The quantitative estimate of drug-likeness (QED) is 0.696. The molecule has 8 heteroatoms. The Balaban J connectivity index is 1.95. The summed E-state index contributed by atoms with van der Waals surface area (Å²) in [6, 6.07) is 0. The third-order valence-corrected chi connectivity index (χ3v) is 4.30. The molecule has 1 saturated heterocycles. The summed E-state index contributed by atoms with van der Waals surface area (Å²) in [5.74, 6) is 0.311. The number of anilines is 1. The van der Waals surface area contributed by atoms with Crippen LogP contribution < -0.4 is 4.90 Å². The molecule has 1 fully saturated rings. The monoisotopic (exact) mass is 361 g/mol. The number of aromatic nitrogens is 2. The number of rotatable bonds is 7. The highest BCUT2D eigenvalue weighted by Crippen LogP contribution is 2.27. The Bertz CT molecular complexity index is 552. The van der Waals surface area contributed by atoms with Crippen LogP contribution in [0.15, 0.2) is 6.20 Å². The fraction of sp³-hybridized carbons (Fsp3) is 0.688. The molecule has 0 unspecified atom stereocenters. The summed E-state index contributed by atoms with van der Waals surface area (Å²) < 4.78 is 29.5. The van der Waals surface area contributed by atoms with Crippen molar-refractivity contribution in [3.63, 3.8) is 0 Å². The SMILES string of the molecule is CCOC(=O)C1CCN(c2nc(CCCC(F)F)cnc2Cl)CC1. The van der Waals surface area contributed by atoms with Crippen molar-refractivity contribution in [2.45, 2.75) is 45.5 Å². The smallest absolute Gasteiger partial charge is 0.309 e. The second-order valence-corrected chi connectivity index (χ2v) is 6.13. The normalized spacial score (nSPS) is 15.8. The molecule has 0 amide bonds. The van der Waals surface area contributed by atoms with Crippen molar-refractivity contribution in [2.75, 3.05) is 24.6 Å². The van der Waals surface area contributed by atoms with Gasteiger partial charge in [-0.3, -0.25) is 4.79 Å². The molecule has 24 heavy (non-hydrogen) atoms. The van der Waals surface area contributed by atoms with Crippen LogP contribution in [0.3, 0.4) is 0 Å². The molecule has 0 bridgehead atoms. The van der Waals surface area contributed by atoms with Gasteiger partial charge >= 0.3 is 5.97 Å². The summed E-state index contributed by atoms with van der Waals surface area (Å²) in [7, 11) is 0. The van der Waals surface area contributed by atoms with E-state index in [1.165, 1.54) is 6.20 Å². The van der Waals surface area contributed by atoms with E-state index in [0.29, 0.717) is 62.0 Å². The molecule has 0 saturated carbocycles. The first kappa shape index (κ1) is 18.8. The fourth-order valence-corrected chi connectivity index (χ4v) is 2.96. The summed E-state index contributed by atoms with van der Waals surface area (Å²) in [6.07, 6.45) is 1.23. The molecule has 134 valence electrons. The minimum atomic E-state index is -2.30. The van der Waals surface area contributed by atoms with Crippen LogP contribution in [-0.4, -0.2) is 42.1 Å². The number of aryl methyl sites for hydroxylation is 1. The predicted molar refractivity (Wildman–Crippen MR) is 87.6 cm³/mol. The van der Waals surface area contributed by atoms with Crippen LogP contribution in [0.4, 0.5) is 14.6 Å². The highest BCUT2D eigenvalue weighted by molar-refractivity contribution is 6.31. The van der Waals surface area contributed by atoms with Crippen LogP contribution in [0.5, 0.6) is 0 Å². The summed E-state index contributed by atoms with van der Waals surface area (Å²) in [5, 5.41) is 0.294. The van der Waals surface area contributed by atoms with E-state index in [4.69, 9.17) is 16.3 Å². The van der Waals surface area contributed by atoms with Gasteiger partial charge in [-0.25, -0.2) is 18.7 Å². The van der Waals surface area contributed by atoms with E-state index in [1.807, 2.05) is 4.90 Å². The number of piperidine rings is 1. The number of carbonyl (C=O) groups excluding carboxylic acids is 1. The van der Waals surface area contributed by atoms with Crippen LogP contribution in [0.25, 0.3) is 0 Å². The summed E-state index contributed by atoms with van der Waals surface area (Å²) in [6.45, 7) is 3.45. The number of ether oxygens (including phenoxy) is 1. The van der Waals surface area contributed by atoms with Crippen molar-refractivity contribution in [3.8, 4) is 0 Å². The standard InChI is InChI=1S/C16H22ClF2N3O2/c1-2-24-16(23)11-6-8-22(9-7-11)15-14(17)20-10-12(21-15)4-3-5-13(18)19/h10-11,13H,2-9H2,1H3. The zero-order valence-electron chi connectivity index (χ0n) is 13.7. The lowest BCUT2D eigenvalue weighted by Crippen LogP contribution is -2.37.